The fourth-order valence-corrected chi connectivity index (χ4v) is 4.18. The number of hydrogen-bond acceptors (Lipinski definition) is 4. The molecule has 2 atom stereocenters. The van der Waals surface area contributed by atoms with Crippen molar-refractivity contribution in [3.8, 4) is 0 Å². The Balaban J connectivity index is 1.29. The number of hydrogen-bond donors (Lipinski definition) is 1. The Bertz CT molecular complexity index is 952. The molecule has 2 aliphatic carbocycles. The summed E-state index contributed by atoms with van der Waals surface area (Å²) in [6, 6.07) is 10.6. The quantitative estimate of drug-likeness (QED) is 0.753. The van der Waals surface area contributed by atoms with Crippen molar-refractivity contribution in [2.45, 2.75) is 57.2 Å². The zero-order valence-corrected chi connectivity index (χ0v) is 16.1. The SMILES string of the molecule is O=C1C=c2c3c(ncc2=CC1)CC(OCCCCCc1ccccc1)CC3O. The summed E-state index contributed by atoms with van der Waals surface area (Å²) in [6.07, 6.45) is 10.9. The number of benzene rings is 1. The third kappa shape index (κ3) is 4.40. The smallest absolute Gasteiger partial charge is 0.160 e. The Morgan fingerprint density at radius 1 is 1.14 bits per heavy atom. The molecule has 1 aromatic heterocycles. The van der Waals surface area contributed by atoms with Gasteiger partial charge in [-0.2, -0.15) is 0 Å². The number of aryl methyl sites for hydroxylation is 1. The van der Waals surface area contributed by atoms with Gasteiger partial charge >= 0.3 is 0 Å². The molecule has 0 bridgehead atoms. The molecule has 4 rings (SSSR count). The summed E-state index contributed by atoms with van der Waals surface area (Å²) in [4.78, 5) is 16.3. The van der Waals surface area contributed by atoms with Gasteiger partial charge in [-0.1, -0.05) is 42.8 Å². The third-order valence-electron chi connectivity index (χ3n) is 5.65. The first kappa shape index (κ1) is 19.0. The number of fused-ring (bicyclic) bond motifs is 3. The van der Waals surface area contributed by atoms with E-state index in [0.29, 0.717) is 25.9 Å². The standard InChI is InChI=1S/C24H27NO3/c26-19-11-10-18-16-25-22-14-20(15-23(27)24(22)21(18)13-19)28-12-6-2-5-9-17-7-3-1-4-8-17/h1,3-4,7-8,10,13,16,20,23,27H,2,5-6,9,11-12,14-15H2. The second-order valence-corrected chi connectivity index (χ2v) is 7.75. The fourth-order valence-electron chi connectivity index (χ4n) is 4.18. The van der Waals surface area contributed by atoms with Gasteiger partial charge in [0.2, 0.25) is 0 Å². The highest BCUT2D eigenvalue weighted by Crippen LogP contribution is 2.27. The summed E-state index contributed by atoms with van der Waals surface area (Å²) >= 11 is 0. The van der Waals surface area contributed by atoms with Gasteiger partial charge in [-0.15, -0.1) is 0 Å². The molecule has 0 radical (unpaired) electrons. The van der Waals surface area contributed by atoms with Crippen LogP contribution in [0.2, 0.25) is 0 Å². The summed E-state index contributed by atoms with van der Waals surface area (Å²) in [7, 11) is 0. The summed E-state index contributed by atoms with van der Waals surface area (Å²) in [5.74, 6) is 0.0852. The van der Waals surface area contributed by atoms with Crippen LogP contribution >= 0.6 is 0 Å². The van der Waals surface area contributed by atoms with Crippen molar-refractivity contribution in [3.63, 3.8) is 0 Å². The van der Waals surface area contributed by atoms with Crippen molar-refractivity contribution in [1.82, 2.24) is 4.98 Å². The number of pyridine rings is 1. The molecule has 0 spiro atoms. The van der Waals surface area contributed by atoms with Gasteiger partial charge in [0.05, 0.1) is 12.2 Å². The van der Waals surface area contributed by atoms with Gasteiger partial charge in [0, 0.05) is 43.3 Å². The highest BCUT2D eigenvalue weighted by atomic mass is 16.5. The van der Waals surface area contributed by atoms with Crippen LogP contribution in [-0.4, -0.2) is 28.6 Å². The van der Waals surface area contributed by atoms with E-state index in [0.717, 1.165) is 47.4 Å². The van der Waals surface area contributed by atoms with Crippen LogP contribution in [0, 0.1) is 0 Å². The van der Waals surface area contributed by atoms with Gasteiger partial charge in [-0.05, 0) is 41.3 Å². The topological polar surface area (TPSA) is 59.4 Å². The summed E-state index contributed by atoms with van der Waals surface area (Å²) in [6.45, 7) is 0.713. The van der Waals surface area contributed by atoms with Crippen LogP contribution in [0.3, 0.4) is 0 Å². The molecule has 1 heterocycles. The lowest BCUT2D eigenvalue weighted by Crippen LogP contribution is -2.40. The van der Waals surface area contributed by atoms with Gasteiger partial charge in [-0.25, -0.2) is 0 Å². The van der Waals surface area contributed by atoms with E-state index in [-0.39, 0.29) is 11.9 Å². The third-order valence-corrected chi connectivity index (χ3v) is 5.65. The van der Waals surface area contributed by atoms with Gasteiger partial charge < -0.3 is 9.84 Å². The van der Waals surface area contributed by atoms with Crippen molar-refractivity contribution < 1.29 is 14.6 Å². The number of aliphatic hydroxyl groups is 1. The van der Waals surface area contributed by atoms with Crippen molar-refractivity contribution in [3.05, 3.63) is 63.8 Å². The van der Waals surface area contributed by atoms with Crippen LogP contribution < -0.4 is 10.4 Å². The zero-order valence-electron chi connectivity index (χ0n) is 16.1. The number of unbranched alkanes of at least 4 members (excludes halogenated alkanes) is 2. The van der Waals surface area contributed by atoms with E-state index in [1.54, 1.807) is 6.08 Å². The number of aliphatic hydroxyl groups excluding tert-OH is 1. The molecular formula is C24H27NO3. The van der Waals surface area contributed by atoms with Crippen molar-refractivity contribution in [1.29, 1.82) is 0 Å². The van der Waals surface area contributed by atoms with E-state index in [2.05, 4.69) is 29.2 Å². The van der Waals surface area contributed by atoms with Crippen LogP contribution in [0.25, 0.3) is 12.2 Å². The Morgan fingerprint density at radius 3 is 2.86 bits per heavy atom. The lowest BCUT2D eigenvalue weighted by atomic mass is 9.88. The van der Waals surface area contributed by atoms with E-state index in [1.807, 2.05) is 18.3 Å². The van der Waals surface area contributed by atoms with Gasteiger partial charge in [-0.3, -0.25) is 9.78 Å². The molecule has 4 nitrogen and oxygen atoms in total. The minimum Gasteiger partial charge on any atom is -0.388 e. The first-order valence-electron chi connectivity index (χ1n) is 10.3. The number of carbonyl (C=O) groups is 1. The molecule has 0 saturated carbocycles. The summed E-state index contributed by atoms with van der Waals surface area (Å²) in [5.41, 5.74) is 3.08. The second-order valence-electron chi connectivity index (χ2n) is 7.75. The Labute approximate surface area is 165 Å². The molecule has 0 saturated heterocycles. The molecule has 0 aliphatic heterocycles. The predicted octanol–water partition coefficient (Wildman–Crippen LogP) is 2.39. The predicted molar refractivity (Wildman–Crippen MR) is 109 cm³/mol. The number of ketones is 1. The molecular weight excluding hydrogens is 350 g/mol. The normalized spacial score (nSPS) is 20.7. The maximum Gasteiger partial charge on any atom is 0.160 e. The molecule has 0 amide bonds. The fraction of sp³-hybridized carbons (Fsp3) is 0.417. The molecule has 2 unspecified atom stereocenters. The molecule has 1 N–H and O–H groups in total. The number of ether oxygens (including phenoxy) is 1. The second kappa shape index (κ2) is 8.80. The molecule has 146 valence electrons. The average molecular weight is 377 g/mol. The Morgan fingerprint density at radius 2 is 2.00 bits per heavy atom. The lowest BCUT2D eigenvalue weighted by Gasteiger charge is -2.28. The van der Waals surface area contributed by atoms with Crippen LogP contribution in [0.1, 0.15) is 55.0 Å². The van der Waals surface area contributed by atoms with Crippen LogP contribution in [0.4, 0.5) is 0 Å². The number of aromatic nitrogens is 1. The molecule has 4 heteroatoms. The highest BCUT2D eigenvalue weighted by Gasteiger charge is 2.28. The zero-order chi connectivity index (χ0) is 19.3. The number of carbonyl (C=O) groups excluding carboxylic acids is 1. The number of rotatable bonds is 7. The number of Topliss-reactive ketones (excluding diaryl/α,β-unsaturated/α-hetero) is 1. The molecule has 1 aromatic carbocycles. The molecule has 0 fully saturated rings. The minimum absolute atomic E-state index is 0.00885. The molecule has 2 aliphatic rings. The number of nitrogens with zero attached hydrogens (tertiary/aromatic N) is 1. The maximum atomic E-state index is 11.8. The largest absolute Gasteiger partial charge is 0.388 e. The van der Waals surface area contributed by atoms with Crippen molar-refractivity contribution in [2.75, 3.05) is 6.61 Å². The van der Waals surface area contributed by atoms with Gasteiger partial charge in [0.1, 0.15) is 0 Å². The summed E-state index contributed by atoms with van der Waals surface area (Å²) < 4.78 is 6.04. The Hall–Kier alpha value is -2.30. The lowest BCUT2D eigenvalue weighted by molar-refractivity contribution is -0.112. The van der Waals surface area contributed by atoms with Gasteiger partial charge in [0.15, 0.2) is 5.78 Å². The van der Waals surface area contributed by atoms with E-state index in [4.69, 9.17) is 4.74 Å². The van der Waals surface area contributed by atoms with Crippen LogP contribution in [0.15, 0.2) is 36.5 Å². The van der Waals surface area contributed by atoms with Crippen LogP contribution in [-0.2, 0) is 22.4 Å². The van der Waals surface area contributed by atoms with E-state index in [1.165, 1.54) is 5.56 Å². The van der Waals surface area contributed by atoms with E-state index >= 15 is 0 Å². The highest BCUT2D eigenvalue weighted by molar-refractivity contribution is 6.09. The van der Waals surface area contributed by atoms with E-state index < -0.39 is 6.10 Å². The monoisotopic (exact) mass is 377 g/mol. The molecule has 2 aromatic rings. The first-order valence-corrected chi connectivity index (χ1v) is 10.3. The first-order chi connectivity index (χ1) is 13.7. The van der Waals surface area contributed by atoms with E-state index in [9.17, 15) is 9.90 Å². The van der Waals surface area contributed by atoms with Crippen molar-refractivity contribution >= 4 is 17.9 Å². The van der Waals surface area contributed by atoms with Crippen LogP contribution in [0.5, 0.6) is 0 Å². The average Bonchev–Trinajstić information content (AvgIpc) is 2.71. The summed E-state index contributed by atoms with van der Waals surface area (Å²) in [5, 5.41) is 12.5. The van der Waals surface area contributed by atoms with Gasteiger partial charge in [0.25, 0.3) is 0 Å². The Kier molecular flexibility index (Phi) is 5.98. The molecule has 28 heavy (non-hydrogen) atoms. The maximum absolute atomic E-state index is 11.8. The van der Waals surface area contributed by atoms with Crippen molar-refractivity contribution in [2.24, 2.45) is 0 Å². The minimum atomic E-state index is -0.621.